The second kappa shape index (κ2) is 12.0. The average molecular weight is 475 g/mol. The van der Waals surface area contributed by atoms with E-state index in [1.807, 2.05) is 12.1 Å². The highest BCUT2D eigenvalue weighted by Crippen LogP contribution is 2.43. The van der Waals surface area contributed by atoms with Gasteiger partial charge in [0.2, 0.25) is 0 Å². The maximum absolute atomic E-state index is 5.93. The highest BCUT2D eigenvalue weighted by Gasteiger charge is 2.26. The summed E-state index contributed by atoms with van der Waals surface area (Å²) in [6.07, 6.45) is 0. The van der Waals surface area contributed by atoms with E-state index >= 15 is 0 Å². The van der Waals surface area contributed by atoms with E-state index in [1.54, 1.807) is 14.2 Å². The van der Waals surface area contributed by atoms with E-state index in [-0.39, 0.29) is 5.92 Å². The van der Waals surface area contributed by atoms with Crippen LogP contribution in [0.2, 0.25) is 0 Å². The zero-order chi connectivity index (χ0) is 25.5. The van der Waals surface area contributed by atoms with Crippen LogP contribution >= 0.6 is 0 Å². The zero-order valence-electron chi connectivity index (χ0n) is 22.8. The van der Waals surface area contributed by atoms with Crippen molar-refractivity contribution < 1.29 is 9.47 Å². The predicted molar refractivity (Wildman–Crippen MR) is 150 cm³/mol. The number of hydrogen-bond donors (Lipinski definition) is 0. The fraction of sp³-hybridized carbons (Fsp3) is 0.419. The first kappa shape index (κ1) is 26.5. The molecule has 35 heavy (non-hydrogen) atoms. The van der Waals surface area contributed by atoms with Gasteiger partial charge in [-0.3, -0.25) is 0 Å². The Bertz CT molecular complexity index is 1060. The van der Waals surface area contributed by atoms with Crippen LogP contribution in [0.15, 0.2) is 54.6 Å². The van der Waals surface area contributed by atoms with Crippen LogP contribution in [-0.4, -0.2) is 40.4 Å². The number of nitrogens with zero attached hydrogens (tertiary/aromatic N) is 2. The molecule has 4 nitrogen and oxygen atoms in total. The topological polar surface area (TPSA) is 24.9 Å². The van der Waals surface area contributed by atoms with Crippen molar-refractivity contribution in [1.82, 2.24) is 0 Å². The van der Waals surface area contributed by atoms with Gasteiger partial charge in [-0.1, -0.05) is 18.2 Å². The molecule has 0 saturated heterocycles. The first-order chi connectivity index (χ1) is 16.9. The minimum atomic E-state index is 0.0295. The van der Waals surface area contributed by atoms with Crippen LogP contribution in [0.5, 0.6) is 11.5 Å². The lowest BCUT2D eigenvalue weighted by Crippen LogP contribution is -2.23. The Labute approximate surface area is 212 Å². The lowest BCUT2D eigenvalue weighted by atomic mass is 9.80. The molecule has 0 amide bonds. The van der Waals surface area contributed by atoms with Crippen LogP contribution in [0.1, 0.15) is 61.4 Å². The molecule has 3 aromatic carbocycles. The van der Waals surface area contributed by atoms with Crippen molar-refractivity contribution in [3.8, 4) is 11.5 Å². The zero-order valence-corrected chi connectivity index (χ0v) is 22.8. The molecule has 0 N–H and O–H groups in total. The van der Waals surface area contributed by atoms with Gasteiger partial charge in [0.15, 0.2) is 0 Å². The van der Waals surface area contributed by atoms with Crippen molar-refractivity contribution in [3.63, 3.8) is 0 Å². The molecule has 0 aliphatic heterocycles. The van der Waals surface area contributed by atoms with Gasteiger partial charge in [0.05, 0.1) is 14.2 Å². The molecule has 4 heteroatoms. The van der Waals surface area contributed by atoms with Crippen LogP contribution in [0.25, 0.3) is 0 Å². The molecule has 0 radical (unpaired) electrons. The van der Waals surface area contributed by atoms with Crippen molar-refractivity contribution in [1.29, 1.82) is 0 Å². The van der Waals surface area contributed by atoms with E-state index in [0.717, 1.165) is 43.2 Å². The van der Waals surface area contributed by atoms with E-state index in [1.165, 1.54) is 33.6 Å². The van der Waals surface area contributed by atoms with Gasteiger partial charge in [0.25, 0.3) is 0 Å². The van der Waals surface area contributed by atoms with Crippen LogP contribution < -0.4 is 19.3 Å². The number of rotatable bonds is 11. The van der Waals surface area contributed by atoms with E-state index in [4.69, 9.17) is 9.47 Å². The monoisotopic (exact) mass is 474 g/mol. The third-order valence-electron chi connectivity index (χ3n) is 7.16. The summed E-state index contributed by atoms with van der Waals surface area (Å²) in [7, 11) is 3.44. The maximum atomic E-state index is 5.93. The second-order valence-electron chi connectivity index (χ2n) is 8.97. The molecular weight excluding hydrogens is 432 g/mol. The Morgan fingerprint density at radius 2 is 1.09 bits per heavy atom. The number of ether oxygens (including phenoxy) is 2. The van der Waals surface area contributed by atoms with Gasteiger partial charge >= 0.3 is 0 Å². The van der Waals surface area contributed by atoms with Crippen LogP contribution in [0.3, 0.4) is 0 Å². The van der Waals surface area contributed by atoms with E-state index in [0.29, 0.717) is 0 Å². The highest BCUT2D eigenvalue weighted by molar-refractivity contribution is 5.62. The smallest absolute Gasteiger partial charge is 0.126 e. The molecule has 3 rings (SSSR count). The molecule has 0 spiro atoms. The Kier molecular flexibility index (Phi) is 9.08. The molecule has 0 fully saturated rings. The molecule has 0 saturated carbocycles. The quantitative estimate of drug-likeness (QED) is 0.275. The van der Waals surface area contributed by atoms with Crippen molar-refractivity contribution in [2.45, 2.75) is 47.5 Å². The van der Waals surface area contributed by atoms with Gasteiger partial charge < -0.3 is 19.3 Å². The molecule has 0 aromatic heterocycles. The number of hydrogen-bond acceptors (Lipinski definition) is 4. The first-order valence-corrected chi connectivity index (χ1v) is 12.8. The predicted octanol–water partition coefficient (Wildman–Crippen LogP) is 7.19. The summed E-state index contributed by atoms with van der Waals surface area (Å²) in [5, 5.41) is 0. The third kappa shape index (κ3) is 5.58. The summed E-state index contributed by atoms with van der Waals surface area (Å²) >= 11 is 0. The molecule has 0 aliphatic rings. The molecule has 0 aliphatic carbocycles. The van der Waals surface area contributed by atoms with E-state index in [9.17, 15) is 0 Å². The molecule has 0 unspecified atom stereocenters. The normalized spacial score (nSPS) is 11.0. The lowest BCUT2D eigenvalue weighted by molar-refractivity contribution is 0.390. The van der Waals surface area contributed by atoms with Crippen molar-refractivity contribution in [3.05, 3.63) is 82.4 Å². The van der Waals surface area contributed by atoms with Crippen molar-refractivity contribution in [2.75, 3.05) is 50.2 Å². The standard InChI is InChI=1S/C31H42N2O2/c1-9-32(10-2)24-15-13-22(5)28(19-24)31(27-18-17-26(34-7)21-30(27)35-8)29-20-25(16-14-23(29)6)33(11-3)12-4/h13-21,31H,9-12H2,1-8H3. The molecule has 0 atom stereocenters. The molecule has 188 valence electrons. The minimum Gasteiger partial charge on any atom is -0.497 e. The Hall–Kier alpha value is -3.14. The van der Waals surface area contributed by atoms with Crippen molar-refractivity contribution in [2.24, 2.45) is 0 Å². The van der Waals surface area contributed by atoms with Gasteiger partial charge in [0.1, 0.15) is 11.5 Å². The Morgan fingerprint density at radius 3 is 1.49 bits per heavy atom. The van der Waals surface area contributed by atoms with Gasteiger partial charge in [-0.05, 0) is 94.1 Å². The fourth-order valence-electron chi connectivity index (χ4n) is 5.01. The number of methoxy groups -OCH3 is 2. The van der Waals surface area contributed by atoms with Crippen LogP contribution in [0, 0.1) is 13.8 Å². The summed E-state index contributed by atoms with van der Waals surface area (Å²) in [6, 6.07) is 20.0. The van der Waals surface area contributed by atoms with E-state index in [2.05, 4.69) is 93.8 Å². The summed E-state index contributed by atoms with van der Waals surface area (Å²) in [6.45, 7) is 17.2. The number of aryl methyl sites for hydroxylation is 2. The Morgan fingerprint density at radius 1 is 0.600 bits per heavy atom. The maximum Gasteiger partial charge on any atom is 0.126 e. The lowest BCUT2D eigenvalue weighted by Gasteiger charge is -2.29. The van der Waals surface area contributed by atoms with Crippen LogP contribution in [0.4, 0.5) is 11.4 Å². The Balaban J connectivity index is 2.33. The van der Waals surface area contributed by atoms with E-state index < -0.39 is 0 Å². The molecule has 3 aromatic rings. The van der Waals surface area contributed by atoms with Gasteiger partial charge in [-0.25, -0.2) is 0 Å². The van der Waals surface area contributed by atoms with Gasteiger partial charge in [-0.2, -0.15) is 0 Å². The fourth-order valence-corrected chi connectivity index (χ4v) is 5.01. The van der Waals surface area contributed by atoms with Crippen molar-refractivity contribution >= 4 is 11.4 Å². The van der Waals surface area contributed by atoms with Gasteiger partial charge in [0, 0.05) is 55.1 Å². The second-order valence-corrected chi connectivity index (χ2v) is 8.97. The average Bonchev–Trinajstić information content (AvgIpc) is 2.88. The summed E-state index contributed by atoms with van der Waals surface area (Å²) in [5.41, 5.74) is 8.81. The summed E-state index contributed by atoms with van der Waals surface area (Å²) in [4.78, 5) is 4.81. The SMILES string of the molecule is CCN(CC)c1ccc(C)c(C(c2cc(N(CC)CC)ccc2C)c2ccc(OC)cc2OC)c1. The molecule has 0 heterocycles. The highest BCUT2D eigenvalue weighted by atomic mass is 16.5. The minimum absolute atomic E-state index is 0.0295. The molecular formula is C31H42N2O2. The third-order valence-corrected chi connectivity index (χ3v) is 7.16. The summed E-state index contributed by atoms with van der Waals surface area (Å²) < 4.78 is 11.4. The number of benzene rings is 3. The first-order valence-electron chi connectivity index (χ1n) is 12.8. The molecule has 0 bridgehead atoms. The largest absolute Gasteiger partial charge is 0.497 e. The van der Waals surface area contributed by atoms with Gasteiger partial charge in [-0.15, -0.1) is 0 Å². The number of anilines is 2. The van der Waals surface area contributed by atoms with Crippen LogP contribution in [-0.2, 0) is 0 Å². The summed E-state index contributed by atoms with van der Waals surface area (Å²) in [5.74, 6) is 1.67.